The number of hydrazone groups is 1. The first-order valence-corrected chi connectivity index (χ1v) is 11.9. The zero-order valence-electron chi connectivity index (χ0n) is 15.5. The van der Waals surface area contributed by atoms with Gasteiger partial charge in [-0.05, 0) is 96.5 Å². The molecule has 0 unspecified atom stereocenters. The van der Waals surface area contributed by atoms with Crippen molar-refractivity contribution in [3.63, 3.8) is 0 Å². The Kier molecular flexibility index (Phi) is 9.15. The molecule has 3 rings (SSSR count). The quantitative estimate of drug-likeness (QED) is 0.272. The molecule has 0 bridgehead atoms. The van der Waals surface area contributed by atoms with E-state index in [1.54, 1.807) is 6.21 Å². The second-order valence-electron chi connectivity index (χ2n) is 6.41. The Balaban J connectivity index is 1.54. The summed E-state index contributed by atoms with van der Waals surface area (Å²) in [5.74, 6) is 0.659. The van der Waals surface area contributed by atoms with Crippen LogP contribution in [0.5, 0.6) is 5.75 Å². The summed E-state index contributed by atoms with van der Waals surface area (Å²) in [6, 6.07) is 12.1. The van der Waals surface area contributed by atoms with Crippen molar-refractivity contribution in [2.45, 2.75) is 6.61 Å². The molecule has 2 aromatic carbocycles. The average molecular weight is 684 g/mol. The molecule has 0 atom stereocenters. The molecule has 1 aliphatic rings. The van der Waals surface area contributed by atoms with Crippen LogP contribution < -0.4 is 10.2 Å². The summed E-state index contributed by atoms with van der Waals surface area (Å²) in [7, 11) is 0. The molecule has 29 heavy (non-hydrogen) atoms. The number of rotatable bonds is 7. The molecule has 0 aliphatic carbocycles. The molecule has 1 aliphatic heterocycles. The number of carbonyl (C=O) groups excluding carboxylic acids is 1. The molecule has 1 amide bonds. The first kappa shape index (κ1) is 22.9. The van der Waals surface area contributed by atoms with Gasteiger partial charge in [-0.15, -0.1) is 0 Å². The number of halogens is 3. The first-order valence-electron chi connectivity index (χ1n) is 8.99. The molecule has 0 radical (unpaired) electrons. The molecule has 2 aromatic rings. The minimum Gasteiger partial charge on any atom is -0.487 e. The van der Waals surface area contributed by atoms with E-state index in [2.05, 4.69) is 95.9 Å². The van der Waals surface area contributed by atoms with Crippen LogP contribution in [0.25, 0.3) is 0 Å². The van der Waals surface area contributed by atoms with Crippen LogP contribution in [0.4, 0.5) is 0 Å². The normalized spacial score (nSPS) is 14.9. The predicted octanol–water partition coefficient (Wildman–Crippen LogP) is 4.02. The van der Waals surface area contributed by atoms with Crippen LogP contribution in [0.15, 0.2) is 46.0 Å². The number of hydrogen-bond donors (Lipinski definition) is 1. The largest absolute Gasteiger partial charge is 0.487 e. The molecule has 1 N–H and O–H groups in total. The van der Waals surface area contributed by atoms with Gasteiger partial charge in [0.1, 0.15) is 12.4 Å². The molecule has 1 saturated heterocycles. The summed E-state index contributed by atoms with van der Waals surface area (Å²) < 4.78 is 14.3. The minimum absolute atomic E-state index is 0.130. The lowest BCUT2D eigenvalue weighted by molar-refractivity contribution is -0.123. The highest BCUT2D eigenvalue weighted by Crippen LogP contribution is 2.32. The van der Waals surface area contributed by atoms with Gasteiger partial charge in [0.05, 0.1) is 34.0 Å². The molecule has 154 valence electrons. The van der Waals surface area contributed by atoms with Gasteiger partial charge in [0.25, 0.3) is 5.91 Å². The first-order chi connectivity index (χ1) is 14.0. The molecular weight excluding hydrogens is 664 g/mol. The van der Waals surface area contributed by atoms with Gasteiger partial charge in [-0.3, -0.25) is 9.69 Å². The van der Waals surface area contributed by atoms with E-state index in [0.717, 1.165) is 38.0 Å². The van der Waals surface area contributed by atoms with Crippen molar-refractivity contribution in [3.8, 4) is 5.75 Å². The van der Waals surface area contributed by atoms with E-state index in [4.69, 9.17) is 9.47 Å². The third-order valence-corrected chi connectivity index (χ3v) is 6.30. The zero-order chi connectivity index (χ0) is 20.6. The molecule has 0 saturated carbocycles. The van der Waals surface area contributed by atoms with Gasteiger partial charge in [0.15, 0.2) is 0 Å². The van der Waals surface area contributed by atoms with Crippen molar-refractivity contribution in [2.75, 3.05) is 32.8 Å². The van der Waals surface area contributed by atoms with Gasteiger partial charge in [0.2, 0.25) is 0 Å². The van der Waals surface area contributed by atoms with Crippen LogP contribution in [0, 0.1) is 7.14 Å². The van der Waals surface area contributed by atoms with Crippen LogP contribution in [0.2, 0.25) is 0 Å². The Labute approximate surface area is 205 Å². The number of carbonyl (C=O) groups is 1. The highest BCUT2D eigenvalue weighted by molar-refractivity contribution is 14.1. The summed E-state index contributed by atoms with van der Waals surface area (Å²) in [4.78, 5) is 14.0. The van der Waals surface area contributed by atoms with Gasteiger partial charge >= 0.3 is 0 Å². The highest BCUT2D eigenvalue weighted by atomic mass is 127. The van der Waals surface area contributed by atoms with Crippen molar-refractivity contribution < 1.29 is 14.3 Å². The highest BCUT2D eigenvalue weighted by Gasteiger charge is 2.13. The molecule has 0 spiro atoms. The standard InChI is InChI=1S/C20H20BrI2N3O3/c21-17-9-15(11-24-25-19(27)12-26-5-7-28-8-6-26)10-18(23)20(17)29-13-14-1-3-16(22)4-2-14/h1-4,9-11H,5-8,12-13H2,(H,25,27)/b24-11+. The minimum atomic E-state index is -0.130. The van der Waals surface area contributed by atoms with Crippen molar-refractivity contribution in [2.24, 2.45) is 5.10 Å². The van der Waals surface area contributed by atoms with E-state index < -0.39 is 0 Å². The fourth-order valence-electron chi connectivity index (χ4n) is 2.70. The number of benzene rings is 2. The summed E-state index contributed by atoms with van der Waals surface area (Å²) in [5, 5.41) is 4.07. The Hall–Kier alpha value is -0.760. The smallest absolute Gasteiger partial charge is 0.254 e. The fourth-order valence-corrected chi connectivity index (χ4v) is 4.83. The van der Waals surface area contributed by atoms with E-state index >= 15 is 0 Å². The molecule has 1 heterocycles. The third-order valence-electron chi connectivity index (χ3n) is 4.19. The van der Waals surface area contributed by atoms with E-state index in [0.29, 0.717) is 26.4 Å². The van der Waals surface area contributed by atoms with E-state index in [1.807, 2.05) is 17.0 Å². The summed E-state index contributed by atoms with van der Waals surface area (Å²) in [5.41, 5.74) is 4.56. The number of amides is 1. The maximum atomic E-state index is 12.0. The second kappa shape index (κ2) is 11.6. The van der Waals surface area contributed by atoms with Gasteiger partial charge in [-0.2, -0.15) is 5.10 Å². The van der Waals surface area contributed by atoms with Crippen LogP contribution in [0.3, 0.4) is 0 Å². The molecular formula is C20H20BrI2N3O3. The number of morpholine rings is 1. The van der Waals surface area contributed by atoms with Crippen LogP contribution >= 0.6 is 61.1 Å². The van der Waals surface area contributed by atoms with E-state index in [-0.39, 0.29) is 5.91 Å². The Morgan fingerprint density at radius 3 is 2.66 bits per heavy atom. The lowest BCUT2D eigenvalue weighted by atomic mass is 10.2. The lowest BCUT2D eigenvalue weighted by Crippen LogP contribution is -2.42. The Morgan fingerprint density at radius 2 is 1.97 bits per heavy atom. The maximum Gasteiger partial charge on any atom is 0.254 e. The van der Waals surface area contributed by atoms with E-state index in [9.17, 15) is 4.79 Å². The number of nitrogens with one attached hydrogen (secondary N) is 1. The Bertz CT molecular complexity index is 849. The number of nitrogens with zero attached hydrogens (tertiary/aromatic N) is 2. The molecule has 0 aromatic heterocycles. The van der Waals surface area contributed by atoms with Crippen molar-refractivity contribution >= 4 is 73.2 Å². The van der Waals surface area contributed by atoms with Crippen molar-refractivity contribution in [3.05, 3.63) is 59.1 Å². The van der Waals surface area contributed by atoms with Crippen molar-refractivity contribution in [1.82, 2.24) is 10.3 Å². The zero-order valence-corrected chi connectivity index (χ0v) is 21.4. The predicted molar refractivity (Wildman–Crippen MR) is 133 cm³/mol. The van der Waals surface area contributed by atoms with Gasteiger partial charge in [0, 0.05) is 16.7 Å². The fraction of sp³-hybridized carbons (Fsp3) is 0.300. The van der Waals surface area contributed by atoms with Gasteiger partial charge in [-0.1, -0.05) is 12.1 Å². The van der Waals surface area contributed by atoms with Gasteiger partial charge < -0.3 is 9.47 Å². The Morgan fingerprint density at radius 1 is 1.24 bits per heavy atom. The van der Waals surface area contributed by atoms with Crippen molar-refractivity contribution in [1.29, 1.82) is 0 Å². The second-order valence-corrected chi connectivity index (χ2v) is 9.67. The third kappa shape index (κ3) is 7.46. The van der Waals surface area contributed by atoms with Crippen LogP contribution in [-0.4, -0.2) is 49.9 Å². The topological polar surface area (TPSA) is 63.2 Å². The molecule has 9 heteroatoms. The average Bonchev–Trinajstić information content (AvgIpc) is 2.69. The van der Waals surface area contributed by atoms with E-state index in [1.165, 1.54) is 3.57 Å². The molecule has 6 nitrogen and oxygen atoms in total. The summed E-state index contributed by atoms with van der Waals surface area (Å²) in [6.07, 6.45) is 1.63. The number of ether oxygens (including phenoxy) is 2. The van der Waals surface area contributed by atoms with Crippen LogP contribution in [0.1, 0.15) is 11.1 Å². The molecule has 1 fully saturated rings. The summed E-state index contributed by atoms with van der Waals surface area (Å²) in [6.45, 7) is 3.70. The van der Waals surface area contributed by atoms with Gasteiger partial charge in [-0.25, -0.2) is 5.43 Å². The lowest BCUT2D eigenvalue weighted by Gasteiger charge is -2.25. The van der Waals surface area contributed by atoms with Crippen LogP contribution in [-0.2, 0) is 16.1 Å². The maximum absolute atomic E-state index is 12.0. The monoisotopic (exact) mass is 683 g/mol. The number of hydrogen-bond acceptors (Lipinski definition) is 5. The SMILES string of the molecule is O=C(CN1CCOCC1)N/N=C/c1cc(Br)c(OCc2ccc(I)cc2)c(I)c1. The summed E-state index contributed by atoms with van der Waals surface area (Å²) >= 11 is 8.09.